The number of halogens is 4. The van der Waals surface area contributed by atoms with Crippen molar-refractivity contribution in [2.24, 2.45) is 0 Å². The minimum Gasteiger partial charge on any atom is -0.461 e. The lowest BCUT2D eigenvalue weighted by Gasteiger charge is -2.20. The van der Waals surface area contributed by atoms with Gasteiger partial charge < -0.3 is 9.30 Å². The number of hydrogen-bond acceptors (Lipinski definition) is 3. The first-order chi connectivity index (χ1) is 10.8. The Morgan fingerprint density at radius 2 is 2.00 bits per heavy atom. The van der Waals surface area contributed by atoms with Gasteiger partial charge in [0.15, 0.2) is 5.69 Å². The van der Waals surface area contributed by atoms with Crippen LogP contribution in [0.3, 0.4) is 0 Å². The first-order valence-corrected chi connectivity index (χ1v) is 6.83. The maximum atomic E-state index is 13.7. The third kappa shape index (κ3) is 3.35. The fourth-order valence-corrected chi connectivity index (χ4v) is 2.29. The summed E-state index contributed by atoms with van der Waals surface area (Å²) in [7, 11) is 0. The van der Waals surface area contributed by atoms with Crippen molar-refractivity contribution in [1.82, 2.24) is 9.55 Å². The number of ether oxygens (including phenoxy) is 1. The predicted molar refractivity (Wildman–Crippen MR) is 73.4 cm³/mol. The van der Waals surface area contributed by atoms with Crippen LogP contribution in [0.25, 0.3) is 0 Å². The molecule has 2 aromatic rings. The van der Waals surface area contributed by atoms with Crippen LogP contribution >= 0.6 is 0 Å². The molecule has 124 valence electrons. The van der Waals surface area contributed by atoms with E-state index in [0.29, 0.717) is 0 Å². The average Bonchev–Trinajstić information content (AvgIpc) is 2.87. The van der Waals surface area contributed by atoms with Crippen molar-refractivity contribution >= 4 is 5.97 Å². The van der Waals surface area contributed by atoms with Crippen molar-refractivity contribution in [2.75, 3.05) is 6.61 Å². The summed E-state index contributed by atoms with van der Waals surface area (Å²) in [6, 6.07) is 3.96. The second kappa shape index (κ2) is 6.39. The zero-order valence-electron chi connectivity index (χ0n) is 12.4. The lowest BCUT2D eigenvalue weighted by Crippen LogP contribution is -2.19. The summed E-state index contributed by atoms with van der Waals surface area (Å²) < 4.78 is 58.9. The molecule has 0 aliphatic rings. The Morgan fingerprint density at radius 3 is 2.61 bits per heavy atom. The van der Waals surface area contributed by atoms with Crippen LogP contribution in [0, 0.1) is 5.95 Å². The number of aromatic nitrogens is 2. The zero-order valence-corrected chi connectivity index (χ0v) is 12.4. The van der Waals surface area contributed by atoms with Crippen molar-refractivity contribution in [2.45, 2.75) is 26.1 Å². The Labute approximate surface area is 129 Å². The molecule has 0 N–H and O–H groups in total. The van der Waals surface area contributed by atoms with Crippen LogP contribution in [-0.4, -0.2) is 22.1 Å². The monoisotopic (exact) mass is 330 g/mol. The summed E-state index contributed by atoms with van der Waals surface area (Å²) in [5, 5.41) is 0. The van der Waals surface area contributed by atoms with Crippen molar-refractivity contribution < 1.29 is 27.1 Å². The van der Waals surface area contributed by atoms with Gasteiger partial charge in [-0.2, -0.15) is 17.6 Å². The van der Waals surface area contributed by atoms with Gasteiger partial charge in [0, 0.05) is 0 Å². The lowest BCUT2D eigenvalue weighted by molar-refractivity contribution is -0.138. The summed E-state index contributed by atoms with van der Waals surface area (Å²) in [4.78, 5) is 15.2. The van der Waals surface area contributed by atoms with E-state index in [1.54, 1.807) is 6.92 Å². The first-order valence-electron chi connectivity index (χ1n) is 6.83. The number of esters is 1. The maximum Gasteiger partial charge on any atom is 0.416 e. The van der Waals surface area contributed by atoms with Gasteiger partial charge in [-0.05, 0) is 25.5 Å². The smallest absolute Gasteiger partial charge is 0.416 e. The summed E-state index contributed by atoms with van der Waals surface area (Å²) >= 11 is 0. The number of carbonyl (C=O) groups excluding carboxylic acids is 1. The van der Waals surface area contributed by atoms with E-state index in [9.17, 15) is 22.4 Å². The average molecular weight is 330 g/mol. The van der Waals surface area contributed by atoms with E-state index in [1.807, 2.05) is 0 Å². The summed E-state index contributed by atoms with van der Waals surface area (Å²) in [6.45, 7) is 2.98. The molecule has 0 saturated carbocycles. The molecule has 1 aromatic carbocycles. The van der Waals surface area contributed by atoms with Gasteiger partial charge in [-0.1, -0.05) is 18.2 Å². The Kier molecular flexibility index (Phi) is 4.72. The number of rotatable bonds is 4. The quantitative estimate of drug-likeness (QED) is 0.632. The van der Waals surface area contributed by atoms with E-state index in [-0.39, 0.29) is 12.2 Å². The topological polar surface area (TPSA) is 44.1 Å². The van der Waals surface area contributed by atoms with Gasteiger partial charge in [-0.25, -0.2) is 9.78 Å². The van der Waals surface area contributed by atoms with E-state index >= 15 is 0 Å². The number of nitrogens with zero attached hydrogens (tertiary/aromatic N) is 2. The molecule has 0 spiro atoms. The summed E-state index contributed by atoms with van der Waals surface area (Å²) in [6.07, 6.45) is -3.58. The Morgan fingerprint density at radius 1 is 1.35 bits per heavy atom. The SMILES string of the molecule is CCOC(=O)c1c(F)ncn1[C@H](C)c1ccccc1C(F)(F)F. The zero-order chi connectivity index (χ0) is 17.2. The molecule has 23 heavy (non-hydrogen) atoms. The molecule has 0 aliphatic carbocycles. The third-order valence-electron chi connectivity index (χ3n) is 3.35. The molecule has 1 aromatic heterocycles. The van der Waals surface area contributed by atoms with Crippen LogP contribution in [0.2, 0.25) is 0 Å². The van der Waals surface area contributed by atoms with Crippen molar-refractivity contribution in [3.63, 3.8) is 0 Å². The highest BCUT2D eigenvalue weighted by Crippen LogP contribution is 2.36. The Balaban J connectivity index is 2.51. The van der Waals surface area contributed by atoms with Crippen LogP contribution in [0.5, 0.6) is 0 Å². The molecule has 0 fully saturated rings. The molecule has 4 nitrogen and oxygen atoms in total. The van der Waals surface area contributed by atoms with Crippen LogP contribution < -0.4 is 0 Å². The Hall–Kier alpha value is -2.38. The fourth-order valence-electron chi connectivity index (χ4n) is 2.29. The predicted octanol–water partition coefficient (Wildman–Crippen LogP) is 3.83. The minimum absolute atomic E-state index is 0.0109. The van der Waals surface area contributed by atoms with Crippen LogP contribution in [0.1, 0.15) is 41.5 Å². The molecule has 0 aliphatic heterocycles. The molecule has 0 saturated heterocycles. The molecule has 0 radical (unpaired) electrons. The van der Waals surface area contributed by atoms with E-state index in [1.165, 1.54) is 25.1 Å². The second-order valence-electron chi connectivity index (χ2n) is 4.77. The van der Waals surface area contributed by atoms with Gasteiger partial charge in [0.1, 0.15) is 0 Å². The molecular formula is C15H14F4N2O2. The molecule has 2 rings (SSSR count). The van der Waals surface area contributed by atoms with Crippen LogP contribution in [0.15, 0.2) is 30.6 Å². The molecule has 0 amide bonds. The standard InChI is InChI=1S/C15H14F4N2O2/c1-3-23-14(22)12-13(16)20-8-21(12)9(2)10-6-4-5-7-11(10)15(17,18)19/h4-9H,3H2,1-2H3/t9-/m1/s1. The van der Waals surface area contributed by atoms with Gasteiger partial charge in [0.25, 0.3) is 0 Å². The largest absolute Gasteiger partial charge is 0.461 e. The Bertz CT molecular complexity index is 710. The molecular weight excluding hydrogens is 316 g/mol. The van der Waals surface area contributed by atoms with E-state index in [4.69, 9.17) is 4.74 Å². The summed E-state index contributed by atoms with van der Waals surface area (Å²) in [5.41, 5.74) is -1.45. The molecule has 8 heteroatoms. The van der Waals surface area contributed by atoms with E-state index < -0.39 is 35.4 Å². The van der Waals surface area contributed by atoms with E-state index in [0.717, 1.165) is 17.0 Å². The minimum atomic E-state index is -4.56. The van der Waals surface area contributed by atoms with Gasteiger partial charge in [0.2, 0.25) is 5.95 Å². The van der Waals surface area contributed by atoms with Crippen molar-refractivity contribution in [3.8, 4) is 0 Å². The number of hydrogen-bond donors (Lipinski definition) is 0. The van der Waals surface area contributed by atoms with Crippen LogP contribution in [-0.2, 0) is 10.9 Å². The number of imidazole rings is 1. The fraction of sp³-hybridized carbons (Fsp3) is 0.333. The highest BCUT2D eigenvalue weighted by Gasteiger charge is 2.35. The third-order valence-corrected chi connectivity index (χ3v) is 3.35. The van der Waals surface area contributed by atoms with Gasteiger partial charge in [-0.3, -0.25) is 0 Å². The lowest BCUT2D eigenvalue weighted by atomic mass is 10.0. The van der Waals surface area contributed by atoms with Gasteiger partial charge >= 0.3 is 12.1 Å². The number of alkyl halides is 3. The van der Waals surface area contributed by atoms with Crippen molar-refractivity contribution in [3.05, 3.63) is 53.4 Å². The van der Waals surface area contributed by atoms with Crippen molar-refractivity contribution in [1.29, 1.82) is 0 Å². The van der Waals surface area contributed by atoms with E-state index in [2.05, 4.69) is 4.98 Å². The number of benzene rings is 1. The molecule has 1 atom stereocenters. The van der Waals surface area contributed by atoms with Gasteiger partial charge in [-0.15, -0.1) is 0 Å². The highest BCUT2D eigenvalue weighted by atomic mass is 19.4. The molecule has 0 unspecified atom stereocenters. The van der Waals surface area contributed by atoms with Gasteiger partial charge in [0.05, 0.1) is 24.5 Å². The normalized spacial score (nSPS) is 13.0. The maximum absolute atomic E-state index is 13.7. The molecule has 1 heterocycles. The summed E-state index contributed by atoms with van der Waals surface area (Å²) in [5.74, 6) is -2.06. The second-order valence-corrected chi connectivity index (χ2v) is 4.77. The number of carbonyl (C=O) groups is 1. The highest BCUT2D eigenvalue weighted by molar-refractivity contribution is 5.87. The van der Waals surface area contributed by atoms with Crippen LogP contribution in [0.4, 0.5) is 17.6 Å². The molecule has 0 bridgehead atoms. The first kappa shape index (κ1) is 17.0.